The summed E-state index contributed by atoms with van der Waals surface area (Å²) < 4.78 is 59.6. The van der Waals surface area contributed by atoms with E-state index in [0.717, 1.165) is 17.2 Å². The lowest BCUT2D eigenvalue weighted by Gasteiger charge is -2.23. The van der Waals surface area contributed by atoms with Gasteiger partial charge in [-0.05, 0) is 60.5 Å². The summed E-state index contributed by atoms with van der Waals surface area (Å²) >= 11 is 3.37. The van der Waals surface area contributed by atoms with Crippen LogP contribution >= 0.6 is 15.9 Å². The normalized spacial score (nSPS) is 16.1. The number of allylic oxidation sites excluding steroid dienone is 1. The number of ether oxygens (including phenoxy) is 1. The van der Waals surface area contributed by atoms with Crippen molar-refractivity contribution in [2.24, 2.45) is 5.92 Å². The number of carbonyl (C=O) groups is 1. The Morgan fingerprint density at radius 1 is 1.15 bits per heavy atom. The van der Waals surface area contributed by atoms with Gasteiger partial charge in [0.15, 0.2) is 5.78 Å². The van der Waals surface area contributed by atoms with Crippen LogP contribution in [0.15, 0.2) is 71.0 Å². The predicted molar refractivity (Wildman–Crippen MR) is 123 cm³/mol. The molecule has 0 aliphatic carbocycles. The van der Waals surface area contributed by atoms with Crippen LogP contribution in [0.25, 0.3) is 0 Å². The highest BCUT2D eigenvalue weighted by Gasteiger charge is 2.35. The number of rotatable bonds is 4. The van der Waals surface area contributed by atoms with Gasteiger partial charge in [0.05, 0.1) is 5.69 Å². The van der Waals surface area contributed by atoms with Crippen LogP contribution in [0.5, 0.6) is 11.6 Å². The topological polar surface area (TPSA) is 42.4 Å². The monoisotopic (exact) mass is 534 g/mol. The molecule has 4 rings (SSSR count). The van der Waals surface area contributed by atoms with Gasteiger partial charge in [-0.15, -0.1) is 0 Å². The van der Waals surface area contributed by atoms with Crippen molar-refractivity contribution < 1.29 is 27.1 Å². The molecule has 0 bridgehead atoms. The minimum Gasteiger partial charge on any atom is -0.438 e. The van der Waals surface area contributed by atoms with E-state index in [4.69, 9.17) is 4.74 Å². The summed E-state index contributed by atoms with van der Waals surface area (Å²) in [5.41, 5.74) is 1.47. The molecule has 0 saturated carbocycles. The minimum atomic E-state index is -4.64. The lowest BCUT2D eigenvalue weighted by Crippen LogP contribution is -2.17. The number of alkyl halides is 3. The van der Waals surface area contributed by atoms with Crippen molar-refractivity contribution in [2.75, 3.05) is 4.90 Å². The first kappa shape index (κ1) is 23.9. The number of ketones is 1. The maximum Gasteiger partial charge on any atom is 0.421 e. The molecule has 0 fully saturated rings. The van der Waals surface area contributed by atoms with Crippen LogP contribution in [0.1, 0.15) is 35.3 Å². The average molecular weight is 535 g/mol. The zero-order valence-corrected chi connectivity index (χ0v) is 19.7. The summed E-state index contributed by atoms with van der Waals surface area (Å²) in [4.78, 5) is 18.8. The Morgan fingerprint density at radius 2 is 1.91 bits per heavy atom. The van der Waals surface area contributed by atoms with E-state index in [1.807, 2.05) is 18.0 Å². The second kappa shape index (κ2) is 9.21. The van der Waals surface area contributed by atoms with Crippen LogP contribution in [0.4, 0.5) is 23.2 Å². The Balaban J connectivity index is 1.74. The molecule has 34 heavy (non-hydrogen) atoms. The number of halogens is 5. The highest BCUT2D eigenvalue weighted by molar-refractivity contribution is 9.10. The lowest BCUT2D eigenvalue weighted by atomic mass is 9.94. The summed E-state index contributed by atoms with van der Waals surface area (Å²) in [6.45, 7) is 3.94. The number of hydrogen-bond acceptors (Lipinski definition) is 4. The van der Waals surface area contributed by atoms with Crippen LogP contribution in [0, 0.1) is 11.7 Å². The Labute approximate surface area is 202 Å². The number of hydrogen-bond donors (Lipinski definition) is 0. The number of nitrogens with zero attached hydrogens (tertiary/aromatic N) is 2. The van der Waals surface area contributed by atoms with E-state index in [1.165, 1.54) is 36.5 Å². The predicted octanol–water partition coefficient (Wildman–Crippen LogP) is 7.54. The smallest absolute Gasteiger partial charge is 0.421 e. The SMILES string of the molecule is CC1=CN(Cc2ccc(F)cc2Br)c2ccc(Oc3ncccc3C(F)(F)F)cc2C(=O)C1C. The summed E-state index contributed by atoms with van der Waals surface area (Å²) in [6.07, 6.45) is -1.58. The van der Waals surface area contributed by atoms with E-state index in [2.05, 4.69) is 20.9 Å². The quantitative estimate of drug-likeness (QED) is 0.324. The summed E-state index contributed by atoms with van der Waals surface area (Å²) in [7, 11) is 0. The molecule has 4 nitrogen and oxygen atoms in total. The molecular weight excluding hydrogens is 516 g/mol. The first-order chi connectivity index (χ1) is 16.0. The fourth-order valence-electron chi connectivity index (χ4n) is 3.66. The summed E-state index contributed by atoms with van der Waals surface area (Å²) in [5, 5.41) is 0. The van der Waals surface area contributed by atoms with E-state index in [-0.39, 0.29) is 17.3 Å². The number of fused-ring (bicyclic) bond motifs is 1. The van der Waals surface area contributed by atoms with Crippen LogP contribution in [-0.4, -0.2) is 10.8 Å². The third-order valence-corrected chi connectivity index (χ3v) is 6.36. The molecule has 1 aliphatic rings. The minimum absolute atomic E-state index is 0.0611. The summed E-state index contributed by atoms with van der Waals surface area (Å²) in [6, 6.07) is 11.0. The van der Waals surface area contributed by atoms with Gasteiger partial charge in [0.2, 0.25) is 5.88 Å². The maximum absolute atomic E-state index is 13.5. The molecule has 1 unspecified atom stereocenters. The van der Waals surface area contributed by atoms with Crippen LogP contribution in [-0.2, 0) is 12.7 Å². The first-order valence-electron chi connectivity index (χ1n) is 10.3. The van der Waals surface area contributed by atoms with Gasteiger partial charge in [0, 0.05) is 34.9 Å². The molecule has 0 saturated heterocycles. The number of benzene rings is 2. The molecule has 176 valence electrons. The van der Waals surface area contributed by atoms with Crippen molar-refractivity contribution in [1.29, 1.82) is 0 Å². The fourth-order valence-corrected chi connectivity index (χ4v) is 4.13. The molecule has 3 aromatic rings. The van der Waals surface area contributed by atoms with Crippen molar-refractivity contribution in [2.45, 2.75) is 26.6 Å². The molecular formula is C25H19BrF4N2O2. The van der Waals surface area contributed by atoms with Crippen molar-refractivity contribution in [1.82, 2.24) is 4.98 Å². The molecule has 0 radical (unpaired) electrons. The Hall–Kier alpha value is -3.20. The number of pyridine rings is 1. The maximum atomic E-state index is 13.5. The van der Waals surface area contributed by atoms with Crippen molar-refractivity contribution >= 4 is 27.4 Å². The molecule has 1 aromatic heterocycles. The van der Waals surface area contributed by atoms with Crippen LogP contribution < -0.4 is 9.64 Å². The molecule has 9 heteroatoms. The van der Waals surface area contributed by atoms with E-state index in [1.54, 1.807) is 19.1 Å². The molecule has 0 amide bonds. The van der Waals surface area contributed by atoms with Gasteiger partial charge < -0.3 is 9.64 Å². The number of anilines is 1. The lowest BCUT2D eigenvalue weighted by molar-refractivity contribution is -0.138. The Kier molecular flexibility index (Phi) is 6.49. The first-order valence-corrected chi connectivity index (χ1v) is 11.1. The zero-order chi connectivity index (χ0) is 24.6. The second-order valence-electron chi connectivity index (χ2n) is 7.96. The Morgan fingerprint density at radius 3 is 2.62 bits per heavy atom. The largest absolute Gasteiger partial charge is 0.438 e. The molecule has 0 spiro atoms. The molecule has 2 heterocycles. The second-order valence-corrected chi connectivity index (χ2v) is 8.81. The Bertz CT molecular complexity index is 1290. The average Bonchev–Trinajstić information content (AvgIpc) is 2.86. The molecule has 1 atom stereocenters. The zero-order valence-electron chi connectivity index (χ0n) is 18.2. The molecule has 2 aromatic carbocycles. The van der Waals surface area contributed by atoms with Gasteiger partial charge in [-0.3, -0.25) is 4.79 Å². The molecule has 0 N–H and O–H groups in total. The number of aromatic nitrogens is 1. The highest BCUT2D eigenvalue weighted by Crippen LogP contribution is 2.39. The van der Waals surface area contributed by atoms with Crippen LogP contribution in [0.2, 0.25) is 0 Å². The van der Waals surface area contributed by atoms with E-state index in [9.17, 15) is 22.4 Å². The van der Waals surface area contributed by atoms with Crippen molar-refractivity contribution in [3.05, 3.63) is 93.5 Å². The van der Waals surface area contributed by atoms with Gasteiger partial charge in [-0.1, -0.05) is 28.9 Å². The van der Waals surface area contributed by atoms with E-state index >= 15 is 0 Å². The van der Waals surface area contributed by atoms with Crippen LogP contribution in [0.3, 0.4) is 0 Å². The summed E-state index contributed by atoms with van der Waals surface area (Å²) in [5.74, 6) is -1.54. The van der Waals surface area contributed by atoms with Gasteiger partial charge in [0.25, 0.3) is 0 Å². The third-order valence-electron chi connectivity index (χ3n) is 5.63. The fraction of sp³-hybridized carbons (Fsp3) is 0.200. The number of carbonyl (C=O) groups excluding carboxylic acids is 1. The third kappa shape index (κ3) is 4.84. The van der Waals surface area contributed by atoms with Gasteiger partial charge in [-0.2, -0.15) is 13.2 Å². The van der Waals surface area contributed by atoms with Gasteiger partial charge >= 0.3 is 6.18 Å². The van der Waals surface area contributed by atoms with E-state index in [0.29, 0.717) is 22.3 Å². The van der Waals surface area contributed by atoms with Gasteiger partial charge in [0.1, 0.15) is 17.1 Å². The number of Topliss-reactive ketones (excluding diaryl/α,β-unsaturated/α-hetero) is 1. The van der Waals surface area contributed by atoms with Crippen molar-refractivity contribution in [3.63, 3.8) is 0 Å². The van der Waals surface area contributed by atoms with Gasteiger partial charge in [-0.25, -0.2) is 9.37 Å². The highest BCUT2D eigenvalue weighted by atomic mass is 79.9. The molecule has 1 aliphatic heterocycles. The van der Waals surface area contributed by atoms with E-state index < -0.39 is 23.5 Å². The standard InChI is InChI=1S/C25H19BrF4N2O2/c1-14-12-32(13-16-5-6-17(27)10-21(16)26)22-8-7-18(11-19(22)23(33)15(14)2)34-24-20(25(28,29)30)4-3-9-31-24/h3-12,15H,13H2,1-2H3. The van der Waals surface area contributed by atoms with Crippen molar-refractivity contribution in [3.8, 4) is 11.6 Å².